The van der Waals surface area contributed by atoms with Gasteiger partial charge in [-0.25, -0.2) is 12.7 Å². The number of hydrogen-bond acceptors (Lipinski definition) is 4. The second kappa shape index (κ2) is 9.58. The van der Waals surface area contributed by atoms with E-state index < -0.39 is 10.0 Å². The lowest BCUT2D eigenvalue weighted by atomic mass is 9.98. The molecule has 152 valence electrons. The van der Waals surface area contributed by atoms with Gasteiger partial charge in [0.05, 0.1) is 10.6 Å². The van der Waals surface area contributed by atoms with E-state index in [0.717, 1.165) is 22.4 Å². The Morgan fingerprint density at radius 2 is 1.82 bits per heavy atom. The van der Waals surface area contributed by atoms with Crippen LogP contribution in [0.2, 0.25) is 0 Å². The summed E-state index contributed by atoms with van der Waals surface area (Å²) >= 11 is 1.46. The number of amides is 1. The molecule has 0 spiro atoms. The standard InChI is InChI=1S/C21H28N2O3S2/c1-15(2)19-11-6-8-16(3)21(19)22-20(24)14-27-13-17-9-7-10-18(12-17)28(25,26)23(4)5/h6-12,15H,13-14H2,1-5H3,(H,22,24). The van der Waals surface area contributed by atoms with Crippen LogP contribution in [0.25, 0.3) is 0 Å². The molecule has 5 nitrogen and oxygen atoms in total. The third-order valence-corrected chi connectivity index (χ3v) is 7.19. The van der Waals surface area contributed by atoms with Crippen molar-refractivity contribution in [2.45, 2.75) is 37.3 Å². The van der Waals surface area contributed by atoms with Crippen LogP contribution < -0.4 is 5.32 Å². The maximum atomic E-state index is 12.4. The average Bonchev–Trinajstić information content (AvgIpc) is 2.63. The Bertz CT molecular complexity index is 938. The van der Waals surface area contributed by atoms with Crippen molar-refractivity contribution in [1.29, 1.82) is 0 Å². The number of nitrogens with one attached hydrogen (secondary N) is 1. The molecule has 0 fully saturated rings. The summed E-state index contributed by atoms with van der Waals surface area (Å²) in [6.07, 6.45) is 0. The summed E-state index contributed by atoms with van der Waals surface area (Å²) in [5, 5.41) is 3.03. The van der Waals surface area contributed by atoms with Crippen molar-refractivity contribution in [3.05, 3.63) is 59.2 Å². The molecule has 0 bridgehead atoms. The van der Waals surface area contributed by atoms with Gasteiger partial charge in [-0.3, -0.25) is 4.79 Å². The van der Waals surface area contributed by atoms with Crippen LogP contribution in [-0.2, 0) is 20.6 Å². The van der Waals surface area contributed by atoms with Gasteiger partial charge in [-0.1, -0.05) is 44.2 Å². The molecule has 0 aromatic heterocycles. The Kier molecular flexibility index (Phi) is 7.69. The maximum absolute atomic E-state index is 12.4. The quantitative estimate of drug-likeness (QED) is 0.694. The van der Waals surface area contributed by atoms with Gasteiger partial charge in [0.1, 0.15) is 0 Å². The molecule has 0 aliphatic heterocycles. The predicted octanol–water partition coefficient (Wildman–Crippen LogP) is 4.24. The van der Waals surface area contributed by atoms with Gasteiger partial charge < -0.3 is 5.32 Å². The molecule has 0 heterocycles. The van der Waals surface area contributed by atoms with Crippen molar-refractivity contribution in [2.75, 3.05) is 25.2 Å². The fourth-order valence-corrected chi connectivity index (χ4v) is 4.53. The van der Waals surface area contributed by atoms with Crippen LogP contribution >= 0.6 is 11.8 Å². The zero-order chi connectivity index (χ0) is 20.9. The van der Waals surface area contributed by atoms with Gasteiger partial charge in [0.2, 0.25) is 15.9 Å². The van der Waals surface area contributed by atoms with Gasteiger partial charge in [0.15, 0.2) is 0 Å². The van der Waals surface area contributed by atoms with Crippen molar-refractivity contribution < 1.29 is 13.2 Å². The summed E-state index contributed by atoms with van der Waals surface area (Å²) in [6, 6.07) is 12.9. The number of rotatable bonds is 8. The van der Waals surface area contributed by atoms with Crippen LogP contribution in [0.3, 0.4) is 0 Å². The van der Waals surface area contributed by atoms with Gasteiger partial charge in [-0.05, 0) is 41.7 Å². The fraction of sp³-hybridized carbons (Fsp3) is 0.381. The van der Waals surface area contributed by atoms with E-state index in [2.05, 4.69) is 19.2 Å². The molecule has 0 atom stereocenters. The van der Waals surface area contributed by atoms with Crippen LogP contribution in [-0.4, -0.2) is 38.5 Å². The molecular formula is C21H28N2O3S2. The van der Waals surface area contributed by atoms with Crippen molar-refractivity contribution in [3.8, 4) is 0 Å². The van der Waals surface area contributed by atoms with Gasteiger partial charge >= 0.3 is 0 Å². The number of aryl methyl sites for hydroxylation is 1. The van der Waals surface area contributed by atoms with Gasteiger partial charge in [-0.15, -0.1) is 11.8 Å². The van der Waals surface area contributed by atoms with E-state index >= 15 is 0 Å². The van der Waals surface area contributed by atoms with Gasteiger partial charge in [0, 0.05) is 25.5 Å². The maximum Gasteiger partial charge on any atom is 0.242 e. The van der Waals surface area contributed by atoms with E-state index in [-0.39, 0.29) is 10.8 Å². The summed E-state index contributed by atoms with van der Waals surface area (Å²) in [5.41, 5.74) is 3.94. The Hall–Kier alpha value is -1.83. The fourth-order valence-electron chi connectivity index (χ4n) is 2.79. The predicted molar refractivity (Wildman–Crippen MR) is 117 cm³/mol. The highest BCUT2D eigenvalue weighted by molar-refractivity contribution is 7.99. The molecule has 0 saturated heterocycles. The largest absolute Gasteiger partial charge is 0.325 e. The van der Waals surface area contributed by atoms with Crippen LogP contribution in [0.1, 0.15) is 36.5 Å². The number of carbonyl (C=O) groups is 1. The molecule has 28 heavy (non-hydrogen) atoms. The number of thioether (sulfide) groups is 1. The Balaban J connectivity index is 1.99. The molecule has 0 aliphatic carbocycles. The van der Waals surface area contributed by atoms with Crippen LogP contribution in [0.5, 0.6) is 0 Å². The van der Waals surface area contributed by atoms with E-state index in [1.165, 1.54) is 30.2 Å². The number of sulfonamides is 1. The Morgan fingerprint density at radius 3 is 2.46 bits per heavy atom. The highest BCUT2D eigenvalue weighted by Gasteiger charge is 2.17. The highest BCUT2D eigenvalue weighted by Crippen LogP contribution is 2.27. The molecule has 0 aliphatic rings. The highest BCUT2D eigenvalue weighted by atomic mass is 32.2. The summed E-state index contributed by atoms with van der Waals surface area (Å²) < 4.78 is 25.7. The average molecular weight is 421 g/mol. The molecule has 1 amide bonds. The summed E-state index contributed by atoms with van der Waals surface area (Å²) in [5.74, 6) is 1.13. The normalized spacial score (nSPS) is 11.8. The number of hydrogen-bond donors (Lipinski definition) is 1. The third-order valence-electron chi connectivity index (χ3n) is 4.37. The molecule has 2 rings (SSSR count). The molecule has 0 saturated carbocycles. The summed E-state index contributed by atoms with van der Waals surface area (Å²) in [7, 11) is -0.430. The monoisotopic (exact) mass is 420 g/mol. The lowest BCUT2D eigenvalue weighted by Gasteiger charge is -2.16. The molecule has 2 aromatic carbocycles. The first-order chi connectivity index (χ1) is 13.1. The van der Waals surface area contributed by atoms with Crippen LogP contribution in [0.15, 0.2) is 47.4 Å². The molecule has 2 aromatic rings. The first-order valence-electron chi connectivity index (χ1n) is 9.11. The van der Waals surface area contributed by atoms with E-state index in [9.17, 15) is 13.2 Å². The minimum Gasteiger partial charge on any atom is -0.325 e. The second-order valence-corrected chi connectivity index (χ2v) is 10.3. The van der Waals surface area contributed by atoms with Crippen LogP contribution in [0.4, 0.5) is 5.69 Å². The smallest absolute Gasteiger partial charge is 0.242 e. The SMILES string of the molecule is Cc1cccc(C(C)C)c1NC(=O)CSCc1cccc(S(=O)(=O)N(C)C)c1. The van der Waals surface area contributed by atoms with Crippen molar-refractivity contribution in [2.24, 2.45) is 0 Å². The number of anilines is 1. The zero-order valence-corrected chi connectivity index (χ0v) is 18.7. The first-order valence-corrected chi connectivity index (χ1v) is 11.7. The number of benzene rings is 2. The first kappa shape index (κ1) is 22.5. The summed E-state index contributed by atoms with van der Waals surface area (Å²) in [6.45, 7) is 6.20. The molecule has 7 heteroatoms. The number of carbonyl (C=O) groups excluding carboxylic acids is 1. The lowest BCUT2D eigenvalue weighted by Crippen LogP contribution is -2.22. The third kappa shape index (κ3) is 5.59. The Morgan fingerprint density at radius 1 is 1.14 bits per heavy atom. The van der Waals surface area contributed by atoms with E-state index in [0.29, 0.717) is 17.4 Å². The number of para-hydroxylation sites is 1. The van der Waals surface area contributed by atoms with Crippen molar-refractivity contribution in [1.82, 2.24) is 4.31 Å². The zero-order valence-electron chi connectivity index (χ0n) is 17.0. The molecule has 0 unspecified atom stereocenters. The second-order valence-electron chi connectivity index (χ2n) is 7.17. The van der Waals surface area contributed by atoms with E-state index in [4.69, 9.17) is 0 Å². The molecular weight excluding hydrogens is 392 g/mol. The summed E-state index contributed by atoms with van der Waals surface area (Å²) in [4.78, 5) is 12.7. The van der Waals surface area contributed by atoms with Crippen molar-refractivity contribution >= 4 is 33.4 Å². The van der Waals surface area contributed by atoms with Gasteiger partial charge in [0.25, 0.3) is 0 Å². The van der Waals surface area contributed by atoms with Crippen LogP contribution in [0, 0.1) is 6.92 Å². The number of nitrogens with zero attached hydrogens (tertiary/aromatic N) is 1. The van der Waals surface area contributed by atoms with Crippen molar-refractivity contribution in [3.63, 3.8) is 0 Å². The van der Waals surface area contributed by atoms with E-state index in [1.54, 1.807) is 18.2 Å². The van der Waals surface area contributed by atoms with E-state index in [1.807, 2.05) is 31.2 Å². The molecule has 0 radical (unpaired) electrons. The minimum absolute atomic E-state index is 0.0572. The Labute approximate surface area is 172 Å². The molecule has 1 N–H and O–H groups in total. The van der Waals surface area contributed by atoms with Gasteiger partial charge in [-0.2, -0.15) is 0 Å². The minimum atomic E-state index is -3.45. The topological polar surface area (TPSA) is 66.5 Å². The lowest BCUT2D eigenvalue weighted by molar-refractivity contribution is -0.113.